The van der Waals surface area contributed by atoms with Gasteiger partial charge in [-0.15, -0.1) is 0 Å². The second-order valence-electron chi connectivity index (χ2n) is 11.3. The number of hydrogen-bond donors (Lipinski definition) is 0. The second-order valence-corrected chi connectivity index (χ2v) is 11.3. The second kappa shape index (κ2) is 7.91. The Hall–Kier alpha value is -4.69. The molecule has 0 N–H and O–H groups in total. The molecular weight excluding hydrogens is 474 g/mol. The van der Waals surface area contributed by atoms with Gasteiger partial charge in [-0.3, -0.25) is 4.98 Å². The lowest BCUT2D eigenvalue weighted by molar-refractivity contribution is 0.648. The third kappa shape index (κ3) is 3.06. The first kappa shape index (κ1) is 22.3. The highest BCUT2D eigenvalue weighted by Crippen LogP contribution is 2.53. The van der Waals surface area contributed by atoms with Gasteiger partial charge in [0.05, 0.1) is 11.1 Å². The topological polar surface area (TPSA) is 26.0 Å². The van der Waals surface area contributed by atoms with Crippen molar-refractivity contribution in [3.63, 3.8) is 0 Å². The van der Waals surface area contributed by atoms with Crippen LogP contribution in [0, 0.1) is 6.92 Å². The van der Waals surface area contributed by atoms with Gasteiger partial charge in [0.2, 0.25) is 0 Å². The number of fused-ring (bicyclic) bond motifs is 4. The van der Waals surface area contributed by atoms with Crippen molar-refractivity contribution in [2.24, 2.45) is 0 Å². The third-order valence-electron chi connectivity index (χ3n) is 8.54. The molecule has 39 heavy (non-hydrogen) atoms. The van der Waals surface area contributed by atoms with E-state index in [0.29, 0.717) is 0 Å². The average Bonchev–Trinajstić information content (AvgIpc) is 3.33. The van der Waals surface area contributed by atoms with Crippen LogP contribution in [0.1, 0.15) is 30.5 Å². The van der Waals surface area contributed by atoms with E-state index < -0.39 is 0 Å². The maximum Gasteiger partial charge on any atom is 0.147 e. The van der Waals surface area contributed by atoms with Crippen molar-refractivity contribution in [2.45, 2.75) is 26.2 Å². The molecule has 0 atom stereocenters. The summed E-state index contributed by atoms with van der Waals surface area (Å²) in [6.07, 6.45) is 2.00. The van der Waals surface area contributed by atoms with Crippen LogP contribution in [0.25, 0.3) is 66.2 Å². The monoisotopic (exact) mass is 501 g/mol. The molecule has 1 aliphatic carbocycles. The molecule has 0 saturated heterocycles. The molecule has 0 unspecified atom stereocenters. The molecule has 5 aromatic carbocycles. The van der Waals surface area contributed by atoms with Crippen LogP contribution >= 0.6 is 0 Å². The molecule has 0 bridgehead atoms. The van der Waals surface area contributed by atoms with Gasteiger partial charge in [0, 0.05) is 33.7 Å². The molecule has 0 fully saturated rings. The van der Waals surface area contributed by atoms with Crippen molar-refractivity contribution in [3.8, 4) is 33.5 Å². The van der Waals surface area contributed by atoms with Gasteiger partial charge < -0.3 is 4.42 Å². The summed E-state index contributed by atoms with van der Waals surface area (Å²) >= 11 is 0. The van der Waals surface area contributed by atoms with Crippen LogP contribution in [-0.4, -0.2) is 4.98 Å². The number of aryl methyl sites for hydroxylation is 1. The lowest BCUT2D eigenvalue weighted by atomic mass is 9.73. The van der Waals surface area contributed by atoms with Gasteiger partial charge >= 0.3 is 0 Å². The predicted octanol–water partition coefficient (Wildman–Crippen LogP) is 10.1. The van der Waals surface area contributed by atoms with Gasteiger partial charge in [0.1, 0.15) is 11.2 Å². The van der Waals surface area contributed by atoms with Gasteiger partial charge in [-0.2, -0.15) is 0 Å². The highest BCUT2D eigenvalue weighted by molar-refractivity contribution is 6.21. The number of rotatable bonds is 2. The van der Waals surface area contributed by atoms with Crippen molar-refractivity contribution >= 4 is 32.7 Å². The molecule has 0 aliphatic heterocycles. The van der Waals surface area contributed by atoms with Crippen molar-refractivity contribution in [1.29, 1.82) is 0 Å². The fourth-order valence-electron chi connectivity index (χ4n) is 6.72. The Morgan fingerprint density at radius 2 is 1.31 bits per heavy atom. The molecule has 2 heteroatoms. The van der Waals surface area contributed by atoms with Gasteiger partial charge in [0.15, 0.2) is 0 Å². The zero-order valence-electron chi connectivity index (χ0n) is 22.2. The summed E-state index contributed by atoms with van der Waals surface area (Å²) in [7, 11) is 0. The summed E-state index contributed by atoms with van der Waals surface area (Å²) in [5, 5.41) is 4.83. The number of hydrogen-bond acceptors (Lipinski definition) is 2. The zero-order chi connectivity index (χ0) is 26.3. The Morgan fingerprint density at radius 3 is 2.05 bits per heavy atom. The lowest BCUT2D eigenvalue weighted by Crippen LogP contribution is -2.20. The summed E-state index contributed by atoms with van der Waals surface area (Å²) in [6, 6.07) is 36.9. The van der Waals surface area contributed by atoms with E-state index >= 15 is 0 Å². The summed E-state index contributed by atoms with van der Waals surface area (Å²) in [5.41, 5.74) is 12.0. The van der Waals surface area contributed by atoms with Crippen molar-refractivity contribution < 1.29 is 4.42 Å². The Labute approximate surface area is 227 Å². The predicted molar refractivity (Wildman–Crippen MR) is 162 cm³/mol. The molecule has 186 valence electrons. The lowest BCUT2D eigenvalue weighted by Gasteiger charge is -2.29. The maximum absolute atomic E-state index is 6.95. The first-order valence-electron chi connectivity index (χ1n) is 13.6. The van der Waals surface area contributed by atoms with Crippen molar-refractivity contribution in [1.82, 2.24) is 4.98 Å². The first-order valence-corrected chi connectivity index (χ1v) is 13.6. The molecular formula is C37H27NO. The van der Waals surface area contributed by atoms with Crippen LogP contribution in [0.4, 0.5) is 0 Å². The molecule has 0 amide bonds. The van der Waals surface area contributed by atoms with E-state index in [-0.39, 0.29) is 5.41 Å². The number of furan rings is 1. The van der Waals surface area contributed by atoms with Gasteiger partial charge in [-0.25, -0.2) is 0 Å². The summed E-state index contributed by atoms with van der Waals surface area (Å²) in [5.74, 6) is 0. The molecule has 0 radical (unpaired) electrons. The minimum atomic E-state index is -0.276. The van der Waals surface area contributed by atoms with Crippen LogP contribution in [0.2, 0.25) is 0 Å². The van der Waals surface area contributed by atoms with Crippen LogP contribution in [-0.2, 0) is 5.41 Å². The molecule has 2 nitrogen and oxygen atoms in total. The Morgan fingerprint density at radius 1 is 0.641 bits per heavy atom. The summed E-state index contributed by atoms with van der Waals surface area (Å²) < 4.78 is 6.95. The summed E-state index contributed by atoms with van der Waals surface area (Å²) in [4.78, 5) is 5.20. The highest BCUT2D eigenvalue weighted by Gasteiger charge is 2.37. The fourth-order valence-corrected chi connectivity index (χ4v) is 6.72. The van der Waals surface area contributed by atoms with Crippen LogP contribution in [0.3, 0.4) is 0 Å². The molecule has 2 heterocycles. The maximum atomic E-state index is 6.95. The van der Waals surface area contributed by atoms with E-state index in [1.54, 1.807) is 0 Å². The SMILES string of the molecule is Cc1ccc2c3c(ccc2c1)-c1ncc(-c2ccccc2)c2oc4c(-c5ccccc5)ccc(c4c12)C3(C)C. The Balaban J connectivity index is 1.59. The van der Waals surface area contributed by atoms with E-state index in [1.807, 2.05) is 12.3 Å². The van der Waals surface area contributed by atoms with Gasteiger partial charge in [-0.05, 0) is 39.9 Å². The smallest absolute Gasteiger partial charge is 0.147 e. The van der Waals surface area contributed by atoms with E-state index in [4.69, 9.17) is 9.40 Å². The molecule has 7 aromatic rings. The minimum absolute atomic E-state index is 0.276. The fraction of sp³-hybridized carbons (Fsp3) is 0.108. The average molecular weight is 502 g/mol. The highest BCUT2D eigenvalue weighted by atomic mass is 16.3. The number of nitrogens with zero attached hydrogens (tertiary/aromatic N) is 1. The van der Waals surface area contributed by atoms with Gasteiger partial charge in [0.25, 0.3) is 0 Å². The number of benzene rings is 5. The van der Waals surface area contributed by atoms with E-state index in [0.717, 1.165) is 44.5 Å². The standard InChI is InChI=1S/C37H27NO/c1-22-14-16-26-25(20-22)15-17-28-33(26)37(2,3)30-19-18-27(23-10-6-4-7-11-23)35-31(30)32-34(28)38-21-29(36(32)39-35)24-12-8-5-9-13-24/h4-21H,1-3H3. The van der Waals surface area contributed by atoms with Crippen LogP contribution in [0.15, 0.2) is 114 Å². The van der Waals surface area contributed by atoms with E-state index in [2.05, 4.69) is 118 Å². The molecule has 0 spiro atoms. The zero-order valence-corrected chi connectivity index (χ0v) is 22.2. The molecule has 8 rings (SSSR count). The van der Waals surface area contributed by atoms with Gasteiger partial charge in [-0.1, -0.05) is 123 Å². The number of aromatic nitrogens is 1. The first-order chi connectivity index (χ1) is 19.0. The largest absolute Gasteiger partial charge is 0.455 e. The van der Waals surface area contributed by atoms with Crippen molar-refractivity contribution in [3.05, 3.63) is 126 Å². The Bertz CT molecular complexity index is 2080. The summed E-state index contributed by atoms with van der Waals surface area (Å²) in [6.45, 7) is 6.86. The Kier molecular flexibility index (Phi) is 4.52. The van der Waals surface area contributed by atoms with E-state index in [1.165, 1.54) is 38.4 Å². The van der Waals surface area contributed by atoms with Crippen molar-refractivity contribution in [2.75, 3.05) is 0 Å². The minimum Gasteiger partial charge on any atom is -0.455 e. The number of pyridine rings is 1. The normalized spacial score (nSPS) is 13.7. The van der Waals surface area contributed by atoms with E-state index in [9.17, 15) is 0 Å². The molecule has 0 saturated carbocycles. The molecule has 2 aromatic heterocycles. The third-order valence-corrected chi connectivity index (χ3v) is 8.54. The van der Waals surface area contributed by atoms with Crippen LogP contribution in [0.5, 0.6) is 0 Å². The quantitative estimate of drug-likeness (QED) is 0.235. The van der Waals surface area contributed by atoms with Crippen LogP contribution < -0.4 is 0 Å². The molecule has 1 aliphatic rings.